The molecule has 1 fully saturated rings. The van der Waals surface area contributed by atoms with E-state index in [0.29, 0.717) is 31.8 Å². The Morgan fingerprint density at radius 1 is 1.00 bits per heavy atom. The van der Waals surface area contributed by atoms with Gasteiger partial charge in [-0.3, -0.25) is 19.2 Å². The first-order valence-electron chi connectivity index (χ1n) is 13.0. The quantitative estimate of drug-likeness (QED) is 0.271. The third-order valence-corrected chi connectivity index (χ3v) is 9.59. The SMILES string of the molecule is Cc1cccc(NC(=O)COc2ccc(C3c4sc(=O)[nH]c4SC4C(=O)N(c5ccccc5C(F)(F)F)C(=O)C43)cc2)c1. The van der Waals surface area contributed by atoms with Crippen molar-refractivity contribution in [3.05, 3.63) is 104 Å². The summed E-state index contributed by atoms with van der Waals surface area (Å²) < 4.78 is 47.1. The maximum Gasteiger partial charge on any atom is 0.418 e. The number of carbonyl (C=O) groups excluding carboxylic acids is 3. The number of hydrogen-bond donors (Lipinski definition) is 2. The number of aromatic nitrogens is 1. The molecule has 43 heavy (non-hydrogen) atoms. The molecule has 3 unspecified atom stereocenters. The number of anilines is 2. The second kappa shape index (κ2) is 11.0. The van der Waals surface area contributed by atoms with Crippen LogP contribution in [0, 0.1) is 12.8 Å². The molecule has 3 amide bonds. The average Bonchev–Trinajstić information content (AvgIpc) is 3.45. The highest BCUT2D eigenvalue weighted by atomic mass is 32.2. The van der Waals surface area contributed by atoms with Crippen molar-refractivity contribution in [1.29, 1.82) is 0 Å². The van der Waals surface area contributed by atoms with Crippen LogP contribution in [0.1, 0.15) is 27.5 Å². The van der Waals surface area contributed by atoms with Gasteiger partial charge in [-0.05, 0) is 54.4 Å². The van der Waals surface area contributed by atoms with Crippen LogP contribution in [-0.4, -0.2) is 34.6 Å². The highest BCUT2D eigenvalue weighted by Gasteiger charge is 2.57. The molecule has 0 bridgehead atoms. The van der Waals surface area contributed by atoms with E-state index < -0.39 is 46.3 Å². The Hall–Kier alpha value is -4.36. The zero-order chi connectivity index (χ0) is 30.5. The first-order valence-corrected chi connectivity index (χ1v) is 14.7. The molecule has 3 atom stereocenters. The van der Waals surface area contributed by atoms with Crippen molar-refractivity contribution in [2.24, 2.45) is 5.92 Å². The number of hydrogen-bond acceptors (Lipinski definition) is 7. The van der Waals surface area contributed by atoms with Crippen LogP contribution in [0.4, 0.5) is 24.5 Å². The third kappa shape index (κ3) is 5.45. The molecule has 13 heteroatoms. The fourth-order valence-electron chi connectivity index (χ4n) is 5.36. The highest BCUT2D eigenvalue weighted by Crippen LogP contribution is 2.54. The predicted octanol–water partition coefficient (Wildman–Crippen LogP) is 5.58. The molecule has 1 saturated heterocycles. The first-order chi connectivity index (χ1) is 20.5. The Bertz CT molecular complexity index is 1800. The van der Waals surface area contributed by atoms with E-state index in [2.05, 4.69) is 10.3 Å². The summed E-state index contributed by atoms with van der Waals surface area (Å²) in [5, 5.41) is 2.11. The van der Waals surface area contributed by atoms with Gasteiger partial charge in [-0.15, -0.1) is 0 Å². The lowest BCUT2D eigenvalue weighted by Crippen LogP contribution is -2.33. The summed E-state index contributed by atoms with van der Waals surface area (Å²) >= 11 is 1.87. The van der Waals surface area contributed by atoms with Crippen molar-refractivity contribution >= 4 is 52.2 Å². The molecular weight excluding hydrogens is 603 g/mol. The maximum atomic E-state index is 13.8. The number of amides is 3. The van der Waals surface area contributed by atoms with E-state index in [9.17, 15) is 32.3 Å². The van der Waals surface area contributed by atoms with Crippen LogP contribution in [0.2, 0.25) is 0 Å². The minimum atomic E-state index is -4.78. The molecule has 0 aliphatic carbocycles. The lowest BCUT2D eigenvalue weighted by Gasteiger charge is -2.29. The highest BCUT2D eigenvalue weighted by molar-refractivity contribution is 8.00. The third-order valence-electron chi connectivity index (χ3n) is 7.19. The Labute approximate surface area is 250 Å². The average molecular weight is 626 g/mol. The summed E-state index contributed by atoms with van der Waals surface area (Å²) in [4.78, 5) is 55.5. The Morgan fingerprint density at radius 2 is 1.74 bits per heavy atom. The minimum Gasteiger partial charge on any atom is -0.484 e. The largest absolute Gasteiger partial charge is 0.484 e. The molecule has 3 heterocycles. The lowest BCUT2D eigenvalue weighted by molar-refractivity contribution is -0.137. The number of alkyl halides is 3. The van der Waals surface area contributed by atoms with Crippen LogP contribution >= 0.6 is 23.1 Å². The van der Waals surface area contributed by atoms with Crippen molar-refractivity contribution in [1.82, 2.24) is 4.98 Å². The van der Waals surface area contributed by atoms with Crippen molar-refractivity contribution in [2.45, 2.75) is 29.3 Å². The van der Waals surface area contributed by atoms with E-state index in [1.807, 2.05) is 25.1 Å². The Balaban J connectivity index is 1.27. The standard InChI is InChI=1S/C30H22F3N3O5S2/c1-15-5-4-6-17(13-15)34-21(37)14-41-18-11-9-16(10-12-18)22-23-25(42-26-24(22)43-29(40)35-26)28(39)36(27(23)38)20-8-3-2-7-19(20)30(31,32)33/h2-13,22-23,25H,14H2,1H3,(H,34,37)(H,35,40). The number of carbonyl (C=O) groups is 3. The van der Waals surface area contributed by atoms with Gasteiger partial charge in [0.2, 0.25) is 11.8 Å². The molecule has 2 N–H and O–H groups in total. The molecule has 0 radical (unpaired) electrons. The second-order valence-corrected chi connectivity index (χ2v) is 12.2. The molecule has 1 aromatic heterocycles. The number of thioether (sulfide) groups is 1. The van der Waals surface area contributed by atoms with Crippen molar-refractivity contribution in [2.75, 3.05) is 16.8 Å². The molecule has 8 nitrogen and oxygen atoms in total. The summed E-state index contributed by atoms with van der Waals surface area (Å²) in [6.45, 7) is 1.65. The van der Waals surface area contributed by atoms with Gasteiger partial charge >= 0.3 is 11.0 Å². The van der Waals surface area contributed by atoms with E-state index in [4.69, 9.17) is 4.74 Å². The number of nitrogens with zero attached hydrogens (tertiary/aromatic N) is 1. The predicted molar refractivity (Wildman–Crippen MR) is 156 cm³/mol. The van der Waals surface area contributed by atoms with Gasteiger partial charge < -0.3 is 15.0 Å². The number of halogens is 3. The minimum absolute atomic E-state index is 0.262. The van der Waals surface area contributed by atoms with Crippen molar-refractivity contribution < 1.29 is 32.3 Å². The fourth-order valence-corrected chi connectivity index (χ4v) is 7.88. The van der Waals surface area contributed by atoms with Crippen LogP contribution in [-0.2, 0) is 20.6 Å². The monoisotopic (exact) mass is 625 g/mol. The molecule has 220 valence electrons. The summed E-state index contributed by atoms with van der Waals surface area (Å²) in [7, 11) is 0. The number of rotatable bonds is 6. The molecule has 2 aliphatic rings. The zero-order valence-electron chi connectivity index (χ0n) is 22.3. The van der Waals surface area contributed by atoms with Gasteiger partial charge in [0.05, 0.1) is 22.2 Å². The van der Waals surface area contributed by atoms with Crippen LogP contribution in [0.3, 0.4) is 0 Å². The molecule has 0 spiro atoms. The van der Waals surface area contributed by atoms with E-state index >= 15 is 0 Å². The summed E-state index contributed by atoms with van der Waals surface area (Å²) in [6.07, 6.45) is -4.78. The number of benzene rings is 3. The van der Waals surface area contributed by atoms with Gasteiger partial charge in [-0.1, -0.05) is 59.5 Å². The number of aromatic amines is 1. The van der Waals surface area contributed by atoms with Gasteiger partial charge in [-0.2, -0.15) is 13.2 Å². The van der Waals surface area contributed by atoms with Gasteiger partial charge in [0.25, 0.3) is 5.91 Å². The molecule has 3 aromatic carbocycles. The molecule has 0 saturated carbocycles. The van der Waals surface area contributed by atoms with Gasteiger partial charge in [0, 0.05) is 16.5 Å². The molecule has 6 rings (SSSR count). The summed E-state index contributed by atoms with van der Waals surface area (Å²) in [5.74, 6) is -3.38. The topological polar surface area (TPSA) is 109 Å². The van der Waals surface area contributed by atoms with Crippen molar-refractivity contribution in [3.8, 4) is 5.75 Å². The number of fused-ring (bicyclic) bond motifs is 2. The second-order valence-electron chi connectivity index (χ2n) is 10.1. The van der Waals surface area contributed by atoms with E-state index in [-0.39, 0.29) is 17.4 Å². The van der Waals surface area contributed by atoms with Crippen LogP contribution in [0.5, 0.6) is 5.75 Å². The number of ether oxygens (including phenoxy) is 1. The van der Waals surface area contributed by atoms with Crippen LogP contribution in [0.15, 0.2) is 82.6 Å². The zero-order valence-corrected chi connectivity index (χ0v) is 23.9. The van der Waals surface area contributed by atoms with Gasteiger partial charge in [-0.25, -0.2) is 4.90 Å². The normalized spacial score (nSPS) is 19.6. The van der Waals surface area contributed by atoms with Crippen LogP contribution in [0.25, 0.3) is 0 Å². The van der Waals surface area contributed by atoms with E-state index in [1.54, 1.807) is 30.3 Å². The van der Waals surface area contributed by atoms with E-state index in [1.165, 1.54) is 12.1 Å². The number of para-hydroxylation sites is 1. The molecule has 4 aromatic rings. The number of aryl methyl sites for hydroxylation is 1. The lowest BCUT2D eigenvalue weighted by atomic mass is 9.83. The smallest absolute Gasteiger partial charge is 0.418 e. The van der Waals surface area contributed by atoms with Gasteiger partial charge in [0.15, 0.2) is 6.61 Å². The molecular formula is C30H22F3N3O5S2. The van der Waals surface area contributed by atoms with Crippen LogP contribution < -0.4 is 19.8 Å². The number of imide groups is 1. The van der Waals surface area contributed by atoms with E-state index in [0.717, 1.165) is 40.8 Å². The molecule has 2 aliphatic heterocycles. The number of H-pyrrole nitrogens is 1. The fraction of sp³-hybridized carbons (Fsp3) is 0.200. The maximum absolute atomic E-state index is 13.8. The first kappa shape index (κ1) is 28.7. The Morgan fingerprint density at radius 3 is 2.47 bits per heavy atom. The van der Waals surface area contributed by atoms with Crippen molar-refractivity contribution in [3.63, 3.8) is 0 Å². The van der Waals surface area contributed by atoms with Gasteiger partial charge in [0.1, 0.15) is 11.0 Å². The number of thiazole rings is 1. The number of nitrogens with one attached hydrogen (secondary N) is 2. The Kier molecular flexibility index (Phi) is 7.38. The summed E-state index contributed by atoms with van der Waals surface area (Å²) in [5.41, 5.74) is 0.577. The summed E-state index contributed by atoms with van der Waals surface area (Å²) in [6, 6.07) is 18.3.